The largest absolute Gasteiger partial charge is 0.490 e. The molecule has 1 aliphatic heterocycles. The molecule has 0 aliphatic carbocycles. The number of aromatic carboxylic acids is 1. The van der Waals surface area contributed by atoms with Crippen LogP contribution in [0.15, 0.2) is 22.7 Å². The molecule has 0 amide bonds. The number of hydrogen-bond donors (Lipinski definition) is 1. The lowest BCUT2D eigenvalue weighted by molar-refractivity contribution is 0.0652. The van der Waals surface area contributed by atoms with Crippen molar-refractivity contribution in [2.45, 2.75) is 6.42 Å². The standard InChI is InChI=1S/C13H10ClNO5/c14-7-2-3-9-12(19-5-1-4-18-9)11(7)8-6-10(13(16)17)20-15-8/h2-3,6H,1,4-5H2,(H,16,17). The van der Waals surface area contributed by atoms with Gasteiger partial charge in [0.15, 0.2) is 11.5 Å². The summed E-state index contributed by atoms with van der Waals surface area (Å²) < 4.78 is 16.0. The lowest BCUT2D eigenvalue weighted by Crippen LogP contribution is -1.98. The van der Waals surface area contributed by atoms with E-state index in [1.54, 1.807) is 12.1 Å². The molecular weight excluding hydrogens is 286 g/mol. The highest BCUT2D eigenvalue weighted by atomic mass is 35.5. The van der Waals surface area contributed by atoms with E-state index in [1.807, 2.05) is 0 Å². The van der Waals surface area contributed by atoms with Gasteiger partial charge in [0.2, 0.25) is 5.76 Å². The van der Waals surface area contributed by atoms with E-state index in [2.05, 4.69) is 5.16 Å². The van der Waals surface area contributed by atoms with E-state index in [1.165, 1.54) is 6.07 Å². The van der Waals surface area contributed by atoms with Gasteiger partial charge in [-0.1, -0.05) is 16.8 Å². The van der Waals surface area contributed by atoms with Gasteiger partial charge in [0.25, 0.3) is 0 Å². The smallest absolute Gasteiger partial charge is 0.374 e. The third-order valence-corrected chi connectivity index (χ3v) is 3.16. The molecule has 0 atom stereocenters. The van der Waals surface area contributed by atoms with Gasteiger partial charge in [0.1, 0.15) is 5.69 Å². The number of carboxylic acid groups (broad SMARTS) is 1. The normalized spacial score (nSPS) is 13.8. The topological polar surface area (TPSA) is 81.8 Å². The first-order chi connectivity index (χ1) is 9.66. The van der Waals surface area contributed by atoms with Crippen LogP contribution in [0, 0.1) is 0 Å². The van der Waals surface area contributed by atoms with E-state index >= 15 is 0 Å². The zero-order chi connectivity index (χ0) is 14.1. The molecule has 1 aromatic heterocycles. The molecule has 0 spiro atoms. The van der Waals surface area contributed by atoms with Gasteiger partial charge in [-0.3, -0.25) is 0 Å². The fourth-order valence-electron chi connectivity index (χ4n) is 1.94. The maximum Gasteiger partial charge on any atom is 0.374 e. The van der Waals surface area contributed by atoms with Crippen LogP contribution in [0.2, 0.25) is 5.02 Å². The fraction of sp³-hybridized carbons (Fsp3) is 0.231. The van der Waals surface area contributed by atoms with Crippen LogP contribution in [0.3, 0.4) is 0 Å². The lowest BCUT2D eigenvalue weighted by atomic mass is 10.1. The monoisotopic (exact) mass is 295 g/mol. The van der Waals surface area contributed by atoms with Crippen molar-refractivity contribution in [1.29, 1.82) is 0 Å². The molecule has 0 radical (unpaired) electrons. The number of carboxylic acids is 1. The minimum Gasteiger partial charge on any atom is -0.490 e. The number of halogens is 1. The minimum absolute atomic E-state index is 0.261. The Morgan fingerprint density at radius 2 is 2.10 bits per heavy atom. The fourth-order valence-corrected chi connectivity index (χ4v) is 2.19. The highest BCUT2D eigenvalue weighted by molar-refractivity contribution is 6.33. The molecule has 0 saturated heterocycles. The van der Waals surface area contributed by atoms with Crippen molar-refractivity contribution < 1.29 is 23.9 Å². The highest BCUT2D eigenvalue weighted by Crippen LogP contribution is 2.43. The van der Waals surface area contributed by atoms with Crippen LogP contribution < -0.4 is 9.47 Å². The molecule has 2 aromatic rings. The van der Waals surface area contributed by atoms with Gasteiger partial charge in [-0.15, -0.1) is 0 Å². The Hall–Kier alpha value is -2.21. The molecule has 20 heavy (non-hydrogen) atoms. The van der Waals surface area contributed by atoms with Crippen molar-refractivity contribution in [3.05, 3.63) is 29.0 Å². The number of ether oxygens (including phenoxy) is 2. The summed E-state index contributed by atoms with van der Waals surface area (Å²) in [6, 6.07) is 4.67. The number of aromatic nitrogens is 1. The molecular formula is C13H10ClNO5. The summed E-state index contributed by atoms with van der Waals surface area (Å²) in [5.74, 6) is -0.440. The maximum atomic E-state index is 10.9. The second kappa shape index (κ2) is 5.05. The van der Waals surface area contributed by atoms with Crippen LogP contribution in [0.25, 0.3) is 11.3 Å². The number of fused-ring (bicyclic) bond motifs is 1. The third kappa shape index (κ3) is 2.18. The molecule has 3 rings (SSSR count). The lowest BCUT2D eigenvalue weighted by Gasteiger charge is -2.12. The predicted octanol–water partition coefficient (Wildman–Crippen LogP) is 2.85. The molecule has 1 N–H and O–H groups in total. The van der Waals surface area contributed by atoms with Crippen molar-refractivity contribution in [3.8, 4) is 22.8 Å². The Balaban J connectivity index is 2.14. The quantitative estimate of drug-likeness (QED) is 0.917. The molecule has 7 heteroatoms. The number of benzene rings is 1. The Morgan fingerprint density at radius 3 is 2.85 bits per heavy atom. The van der Waals surface area contributed by atoms with Crippen molar-refractivity contribution in [1.82, 2.24) is 5.16 Å². The Labute approximate surface area is 118 Å². The average molecular weight is 296 g/mol. The second-order valence-corrected chi connectivity index (χ2v) is 4.59. The molecule has 0 fully saturated rings. The van der Waals surface area contributed by atoms with Crippen molar-refractivity contribution in [2.24, 2.45) is 0 Å². The predicted molar refractivity (Wildman–Crippen MR) is 69.5 cm³/mol. The summed E-state index contributed by atoms with van der Waals surface area (Å²) in [7, 11) is 0. The molecule has 1 aliphatic rings. The first-order valence-corrected chi connectivity index (χ1v) is 6.33. The van der Waals surface area contributed by atoms with Gasteiger partial charge in [0.05, 0.1) is 23.8 Å². The summed E-state index contributed by atoms with van der Waals surface area (Å²) in [5, 5.41) is 13.0. The Kier molecular flexibility index (Phi) is 3.23. The Morgan fingerprint density at radius 1 is 1.30 bits per heavy atom. The van der Waals surface area contributed by atoms with Crippen LogP contribution in [0.4, 0.5) is 0 Å². The summed E-state index contributed by atoms with van der Waals surface area (Å²) in [6.07, 6.45) is 0.755. The van der Waals surface area contributed by atoms with Gasteiger partial charge in [-0.25, -0.2) is 4.79 Å². The van der Waals surface area contributed by atoms with E-state index in [-0.39, 0.29) is 5.76 Å². The van der Waals surface area contributed by atoms with Crippen molar-refractivity contribution >= 4 is 17.6 Å². The summed E-state index contributed by atoms with van der Waals surface area (Å²) in [6.45, 7) is 1.04. The first-order valence-electron chi connectivity index (χ1n) is 5.95. The first kappa shape index (κ1) is 12.8. The number of nitrogens with zero attached hydrogens (tertiary/aromatic N) is 1. The van der Waals surface area contributed by atoms with Crippen molar-refractivity contribution in [2.75, 3.05) is 13.2 Å². The molecule has 0 unspecified atom stereocenters. The highest BCUT2D eigenvalue weighted by Gasteiger charge is 2.23. The number of rotatable bonds is 2. The van der Waals surface area contributed by atoms with Gasteiger partial charge in [-0.05, 0) is 12.1 Å². The second-order valence-electron chi connectivity index (χ2n) is 4.18. The maximum absolute atomic E-state index is 10.9. The van der Waals surface area contributed by atoms with Gasteiger partial charge >= 0.3 is 5.97 Å². The summed E-state index contributed by atoms with van der Waals surface area (Å²) >= 11 is 6.17. The van der Waals surface area contributed by atoms with Gasteiger partial charge in [-0.2, -0.15) is 0 Å². The van der Waals surface area contributed by atoms with Gasteiger partial charge < -0.3 is 19.1 Å². The summed E-state index contributed by atoms with van der Waals surface area (Å²) in [4.78, 5) is 10.9. The van der Waals surface area contributed by atoms with Crippen LogP contribution >= 0.6 is 11.6 Å². The molecule has 1 aromatic carbocycles. The molecule has 104 valence electrons. The van der Waals surface area contributed by atoms with E-state index in [0.29, 0.717) is 41.0 Å². The van der Waals surface area contributed by atoms with Crippen LogP contribution in [-0.4, -0.2) is 29.4 Å². The zero-order valence-electron chi connectivity index (χ0n) is 10.3. The molecule has 0 saturated carbocycles. The molecule has 6 nitrogen and oxygen atoms in total. The zero-order valence-corrected chi connectivity index (χ0v) is 11.0. The third-order valence-electron chi connectivity index (χ3n) is 2.84. The van der Waals surface area contributed by atoms with E-state index in [4.69, 9.17) is 30.7 Å². The SMILES string of the molecule is O=C(O)c1cc(-c2c(Cl)ccc3c2OCCCO3)no1. The van der Waals surface area contributed by atoms with E-state index in [9.17, 15) is 4.79 Å². The van der Waals surface area contributed by atoms with Crippen LogP contribution in [-0.2, 0) is 0 Å². The van der Waals surface area contributed by atoms with Crippen molar-refractivity contribution in [3.63, 3.8) is 0 Å². The summed E-state index contributed by atoms with van der Waals surface area (Å²) in [5.41, 5.74) is 0.775. The Bertz CT molecular complexity index is 667. The van der Waals surface area contributed by atoms with Crippen LogP contribution in [0.1, 0.15) is 17.0 Å². The van der Waals surface area contributed by atoms with Crippen LogP contribution in [0.5, 0.6) is 11.5 Å². The average Bonchev–Trinajstić information content (AvgIpc) is 2.78. The molecule has 2 heterocycles. The van der Waals surface area contributed by atoms with E-state index < -0.39 is 5.97 Å². The number of carbonyl (C=O) groups is 1. The minimum atomic E-state index is -1.20. The van der Waals surface area contributed by atoms with Gasteiger partial charge in [0, 0.05) is 12.5 Å². The van der Waals surface area contributed by atoms with E-state index in [0.717, 1.165) is 6.42 Å². The number of hydrogen-bond acceptors (Lipinski definition) is 5. The molecule has 0 bridgehead atoms.